The van der Waals surface area contributed by atoms with E-state index in [2.05, 4.69) is 5.32 Å². The highest BCUT2D eigenvalue weighted by Gasteiger charge is 2.19. The Hall–Kier alpha value is -2.08. The van der Waals surface area contributed by atoms with E-state index in [1.807, 2.05) is 0 Å². The van der Waals surface area contributed by atoms with Gasteiger partial charge in [-0.1, -0.05) is 12.1 Å². The van der Waals surface area contributed by atoms with Crippen molar-refractivity contribution >= 4 is 11.8 Å². The molecule has 0 saturated carbocycles. The number of aromatic hydroxyl groups is 1. The number of phenols is 1. The van der Waals surface area contributed by atoms with Gasteiger partial charge >= 0.3 is 0 Å². The number of benzene rings is 1. The molecule has 0 spiro atoms. The summed E-state index contributed by atoms with van der Waals surface area (Å²) in [7, 11) is 0. The van der Waals surface area contributed by atoms with Gasteiger partial charge < -0.3 is 10.4 Å². The molecule has 1 rings (SSSR count). The number of amides is 2. The highest BCUT2D eigenvalue weighted by molar-refractivity contribution is 5.86. The molecule has 1 aromatic rings. The average molecular weight is 238 g/mol. The van der Waals surface area contributed by atoms with Gasteiger partial charge in [-0.05, 0) is 17.7 Å². The fraction of sp³-hybridized carbons (Fsp3) is 0.273. The number of carbonyl (C=O) groups excluding carboxylic acids is 2. The first-order chi connectivity index (χ1) is 8.02. The first kappa shape index (κ1) is 13.0. The van der Waals surface area contributed by atoms with E-state index in [1.165, 1.54) is 24.5 Å². The summed E-state index contributed by atoms with van der Waals surface area (Å²) in [5, 5.41) is 20.1. The lowest BCUT2D eigenvalue weighted by molar-refractivity contribution is -0.134. The van der Waals surface area contributed by atoms with Gasteiger partial charge in [-0.25, -0.2) is 5.48 Å². The molecule has 0 saturated heterocycles. The largest absolute Gasteiger partial charge is 0.508 e. The van der Waals surface area contributed by atoms with E-state index in [1.54, 1.807) is 12.1 Å². The fourth-order valence-corrected chi connectivity index (χ4v) is 1.40. The Morgan fingerprint density at radius 3 is 2.35 bits per heavy atom. The van der Waals surface area contributed by atoms with Gasteiger partial charge in [0.25, 0.3) is 5.91 Å². The standard InChI is InChI=1S/C11H14N2O4/c1-7(14)12-10(11(16)13-17)6-8-2-4-9(15)5-3-8/h2-5,10,15,17H,6H2,1H3,(H,12,14)(H,13,16)/t10-/m0/s1. The number of rotatable bonds is 4. The summed E-state index contributed by atoms with van der Waals surface area (Å²) >= 11 is 0. The molecule has 1 aromatic carbocycles. The summed E-state index contributed by atoms with van der Waals surface area (Å²) in [4.78, 5) is 22.2. The summed E-state index contributed by atoms with van der Waals surface area (Å²) < 4.78 is 0. The second kappa shape index (κ2) is 5.86. The lowest BCUT2D eigenvalue weighted by atomic mass is 10.1. The zero-order valence-corrected chi connectivity index (χ0v) is 9.30. The molecule has 0 radical (unpaired) electrons. The maximum Gasteiger partial charge on any atom is 0.266 e. The third-order valence-corrected chi connectivity index (χ3v) is 2.18. The first-order valence-corrected chi connectivity index (χ1v) is 5.02. The number of carbonyl (C=O) groups is 2. The molecular weight excluding hydrogens is 224 g/mol. The van der Waals surface area contributed by atoms with E-state index in [-0.39, 0.29) is 18.1 Å². The van der Waals surface area contributed by atoms with Crippen LogP contribution in [-0.4, -0.2) is 28.2 Å². The van der Waals surface area contributed by atoms with Gasteiger partial charge in [-0.3, -0.25) is 14.8 Å². The van der Waals surface area contributed by atoms with E-state index in [0.717, 1.165) is 5.56 Å². The number of hydrogen-bond donors (Lipinski definition) is 4. The van der Waals surface area contributed by atoms with Crippen LogP contribution in [0, 0.1) is 0 Å². The van der Waals surface area contributed by atoms with E-state index < -0.39 is 11.9 Å². The van der Waals surface area contributed by atoms with Crippen LogP contribution < -0.4 is 10.8 Å². The molecule has 0 fully saturated rings. The van der Waals surface area contributed by atoms with Crippen molar-refractivity contribution in [3.8, 4) is 5.75 Å². The second-order valence-corrected chi connectivity index (χ2v) is 3.60. The van der Waals surface area contributed by atoms with Gasteiger partial charge in [0.1, 0.15) is 11.8 Å². The molecule has 6 heteroatoms. The predicted octanol–water partition coefficient (Wildman–Crippen LogP) is -0.0552. The Labute approximate surface area is 98.2 Å². The molecule has 0 aliphatic carbocycles. The van der Waals surface area contributed by atoms with Crippen LogP contribution in [0.2, 0.25) is 0 Å². The van der Waals surface area contributed by atoms with Crippen LogP contribution in [0.1, 0.15) is 12.5 Å². The Morgan fingerprint density at radius 1 is 1.29 bits per heavy atom. The molecule has 0 aliphatic rings. The average Bonchev–Trinajstić information content (AvgIpc) is 2.29. The van der Waals surface area contributed by atoms with Crippen LogP contribution in [0.25, 0.3) is 0 Å². The van der Waals surface area contributed by atoms with Crippen molar-refractivity contribution in [3.63, 3.8) is 0 Å². The van der Waals surface area contributed by atoms with Crippen LogP contribution in [0.4, 0.5) is 0 Å². The first-order valence-electron chi connectivity index (χ1n) is 5.02. The summed E-state index contributed by atoms with van der Waals surface area (Å²) in [6.45, 7) is 1.29. The van der Waals surface area contributed by atoms with Crippen molar-refractivity contribution in [2.24, 2.45) is 0 Å². The minimum absolute atomic E-state index is 0.122. The molecule has 2 amide bonds. The van der Waals surface area contributed by atoms with E-state index in [9.17, 15) is 9.59 Å². The third kappa shape index (κ3) is 4.12. The summed E-state index contributed by atoms with van der Waals surface area (Å²) in [5.41, 5.74) is 2.25. The van der Waals surface area contributed by atoms with Crippen molar-refractivity contribution in [2.75, 3.05) is 0 Å². The molecule has 0 aromatic heterocycles. The third-order valence-electron chi connectivity index (χ3n) is 2.18. The predicted molar refractivity (Wildman–Crippen MR) is 59.3 cm³/mol. The van der Waals surface area contributed by atoms with Crippen molar-refractivity contribution in [1.29, 1.82) is 0 Å². The molecule has 1 atom stereocenters. The molecular formula is C11H14N2O4. The molecule has 92 valence electrons. The van der Waals surface area contributed by atoms with Gasteiger partial charge in [-0.15, -0.1) is 0 Å². The van der Waals surface area contributed by atoms with Crippen LogP contribution in [-0.2, 0) is 16.0 Å². The van der Waals surface area contributed by atoms with Gasteiger partial charge in [0.15, 0.2) is 0 Å². The van der Waals surface area contributed by atoms with Gasteiger partial charge in [-0.2, -0.15) is 0 Å². The Kier molecular flexibility index (Phi) is 4.47. The van der Waals surface area contributed by atoms with Gasteiger partial charge in [0, 0.05) is 13.3 Å². The van der Waals surface area contributed by atoms with E-state index >= 15 is 0 Å². The molecule has 6 nitrogen and oxygen atoms in total. The molecule has 17 heavy (non-hydrogen) atoms. The molecule has 0 unspecified atom stereocenters. The minimum Gasteiger partial charge on any atom is -0.508 e. The number of nitrogens with one attached hydrogen (secondary N) is 2. The molecule has 0 heterocycles. The van der Waals surface area contributed by atoms with Crippen molar-refractivity contribution in [3.05, 3.63) is 29.8 Å². The smallest absolute Gasteiger partial charge is 0.266 e. The number of hydroxylamine groups is 1. The van der Waals surface area contributed by atoms with E-state index in [4.69, 9.17) is 10.3 Å². The van der Waals surface area contributed by atoms with Gasteiger partial charge in [0.2, 0.25) is 5.91 Å². The quantitative estimate of drug-likeness (QED) is 0.436. The molecule has 4 N–H and O–H groups in total. The van der Waals surface area contributed by atoms with E-state index in [0.29, 0.717) is 0 Å². The lowest BCUT2D eigenvalue weighted by Crippen LogP contribution is -2.46. The number of hydrogen-bond acceptors (Lipinski definition) is 4. The van der Waals surface area contributed by atoms with Crippen molar-refractivity contribution in [1.82, 2.24) is 10.8 Å². The van der Waals surface area contributed by atoms with Crippen LogP contribution >= 0.6 is 0 Å². The summed E-state index contributed by atoms with van der Waals surface area (Å²) in [5.74, 6) is -0.929. The SMILES string of the molecule is CC(=O)N[C@@H](Cc1ccc(O)cc1)C(=O)NO. The number of phenolic OH excluding ortho intramolecular Hbond substituents is 1. The Morgan fingerprint density at radius 2 is 1.88 bits per heavy atom. The normalized spacial score (nSPS) is 11.6. The highest BCUT2D eigenvalue weighted by Crippen LogP contribution is 2.11. The second-order valence-electron chi connectivity index (χ2n) is 3.60. The lowest BCUT2D eigenvalue weighted by Gasteiger charge is -2.15. The zero-order valence-electron chi connectivity index (χ0n) is 9.30. The maximum absolute atomic E-state index is 11.3. The van der Waals surface area contributed by atoms with Crippen LogP contribution in [0.15, 0.2) is 24.3 Å². The highest BCUT2D eigenvalue weighted by atomic mass is 16.5. The van der Waals surface area contributed by atoms with Crippen LogP contribution in [0.5, 0.6) is 5.75 Å². The van der Waals surface area contributed by atoms with Crippen LogP contribution in [0.3, 0.4) is 0 Å². The Balaban J connectivity index is 2.75. The topological polar surface area (TPSA) is 98.7 Å². The van der Waals surface area contributed by atoms with Crippen molar-refractivity contribution < 1.29 is 19.9 Å². The minimum atomic E-state index is -0.845. The molecule has 0 bridgehead atoms. The monoisotopic (exact) mass is 238 g/mol. The summed E-state index contributed by atoms with van der Waals surface area (Å²) in [6.07, 6.45) is 0.228. The summed E-state index contributed by atoms with van der Waals surface area (Å²) in [6, 6.07) is 5.39. The Bertz CT molecular complexity index is 402. The molecule has 0 aliphatic heterocycles. The fourth-order valence-electron chi connectivity index (χ4n) is 1.40. The maximum atomic E-state index is 11.3. The van der Waals surface area contributed by atoms with Gasteiger partial charge in [0.05, 0.1) is 0 Å². The zero-order chi connectivity index (χ0) is 12.8. The van der Waals surface area contributed by atoms with Crippen molar-refractivity contribution in [2.45, 2.75) is 19.4 Å².